The van der Waals surface area contributed by atoms with Crippen molar-refractivity contribution in [3.63, 3.8) is 0 Å². The fraction of sp³-hybridized carbons (Fsp3) is 0.238. The molecule has 162 valence electrons. The van der Waals surface area contributed by atoms with Crippen molar-refractivity contribution in [1.29, 1.82) is 0 Å². The second kappa shape index (κ2) is 8.58. The van der Waals surface area contributed by atoms with E-state index in [0.29, 0.717) is 11.4 Å². The Hall–Kier alpha value is -3.69. The molecule has 3 aromatic heterocycles. The number of amides is 1. The highest BCUT2D eigenvalue weighted by molar-refractivity contribution is 5.95. The number of nitrogens with zero attached hydrogens (tertiary/aromatic N) is 3. The summed E-state index contributed by atoms with van der Waals surface area (Å²) in [7, 11) is 3.13. The van der Waals surface area contributed by atoms with Crippen LogP contribution in [0.15, 0.2) is 47.7 Å². The molecule has 0 aromatic carbocycles. The maximum absolute atomic E-state index is 13.2. The van der Waals surface area contributed by atoms with Gasteiger partial charge in [-0.25, -0.2) is 0 Å². The largest absolute Gasteiger partial charge is 0.433 e. The molecule has 0 spiro atoms. The number of pyridine rings is 3. The van der Waals surface area contributed by atoms with Gasteiger partial charge in [-0.2, -0.15) is 13.2 Å². The molecular formula is C21H20F3N5O2. The third kappa shape index (κ3) is 4.57. The van der Waals surface area contributed by atoms with Gasteiger partial charge in [0.15, 0.2) is 0 Å². The van der Waals surface area contributed by atoms with Crippen LogP contribution in [0.4, 0.5) is 18.9 Å². The molecule has 0 atom stereocenters. The predicted molar refractivity (Wildman–Crippen MR) is 110 cm³/mol. The van der Waals surface area contributed by atoms with E-state index < -0.39 is 23.2 Å². The van der Waals surface area contributed by atoms with Crippen molar-refractivity contribution in [3.05, 3.63) is 75.7 Å². The van der Waals surface area contributed by atoms with Crippen LogP contribution in [0.2, 0.25) is 0 Å². The number of nitrogens with one attached hydrogen (secondary N) is 2. The highest BCUT2D eigenvalue weighted by Gasteiger charge is 2.33. The van der Waals surface area contributed by atoms with Crippen LogP contribution >= 0.6 is 0 Å². The van der Waals surface area contributed by atoms with Crippen molar-refractivity contribution in [2.24, 2.45) is 0 Å². The van der Waals surface area contributed by atoms with Crippen molar-refractivity contribution < 1.29 is 18.0 Å². The number of alkyl halides is 3. The molecule has 0 aliphatic heterocycles. The van der Waals surface area contributed by atoms with Gasteiger partial charge >= 0.3 is 6.18 Å². The first-order valence-electron chi connectivity index (χ1n) is 9.28. The number of hydrogen-bond acceptors (Lipinski definition) is 5. The summed E-state index contributed by atoms with van der Waals surface area (Å²) in [5.41, 5.74) is -0.0785. The maximum atomic E-state index is 13.2. The average molecular weight is 431 g/mol. The third-order valence-corrected chi connectivity index (χ3v) is 4.81. The van der Waals surface area contributed by atoms with Gasteiger partial charge < -0.3 is 15.2 Å². The lowest BCUT2D eigenvalue weighted by atomic mass is 10.0. The predicted octanol–water partition coefficient (Wildman–Crippen LogP) is 3.08. The van der Waals surface area contributed by atoms with Crippen LogP contribution in [0.5, 0.6) is 0 Å². The minimum atomic E-state index is -4.67. The summed E-state index contributed by atoms with van der Waals surface area (Å²) < 4.78 is 41.1. The molecule has 3 aromatic rings. The Morgan fingerprint density at radius 1 is 1.16 bits per heavy atom. The molecule has 0 radical (unpaired) electrons. The summed E-state index contributed by atoms with van der Waals surface area (Å²) >= 11 is 0. The van der Waals surface area contributed by atoms with Gasteiger partial charge in [-0.1, -0.05) is 0 Å². The van der Waals surface area contributed by atoms with Gasteiger partial charge in [0.2, 0.25) is 5.43 Å². The molecule has 0 bridgehead atoms. The van der Waals surface area contributed by atoms with Gasteiger partial charge in [-0.15, -0.1) is 0 Å². The Morgan fingerprint density at radius 3 is 2.48 bits per heavy atom. The van der Waals surface area contributed by atoms with E-state index in [1.54, 1.807) is 30.8 Å². The number of carbonyl (C=O) groups excluding carboxylic acids is 1. The first kappa shape index (κ1) is 22.0. The number of carbonyl (C=O) groups is 1. The summed E-state index contributed by atoms with van der Waals surface area (Å²) in [4.78, 5) is 33.0. The maximum Gasteiger partial charge on any atom is 0.433 e. The number of anilines is 1. The van der Waals surface area contributed by atoms with Crippen LogP contribution in [0.25, 0.3) is 11.1 Å². The number of halogens is 3. The monoisotopic (exact) mass is 431 g/mol. The molecule has 0 aliphatic carbocycles. The van der Waals surface area contributed by atoms with Crippen LogP contribution in [-0.2, 0) is 12.7 Å². The molecule has 31 heavy (non-hydrogen) atoms. The minimum Gasteiger partial charge on any atom is -0.387 e. The van der Waals surface area contributed by atoms with E-state index in [4.69, 9.17) is 0 Å². The highest BCUT2D eigenvalue weighted by atomic mass is 19.4. The molecule has 0 fully saturated rings. The number of hydrogen-bond donors (Lipinski definition) is 2. The van der Waals surface area contributed by atoms with E-state index in [2.05, 4.69) is 20.6 Å². The van der Waals surface area contributed by atoms with Gasteiger partial charge in [-0.05, 0) is 36.8 Å². The summed E-state index contributed by atoms with van der Waals surface area (Å²) in [5.74, 6) is -0.636. The van der Waals surface area contributed by atoms with Gasteiger partial charge in [0, 0.05) is 37.7 Å². The number of rotatable bonds is 5. The van der Waals surface area contributed by atoms with Crippen LogP contribution in [0, 0.1) is 6.92 Å². The molecule has 0 unspecified atom stereocenters. The van der Waals surface area contributed by atoms with Crippen LogP contribution in [-0.4, -0.2) is 34.5 Å². The third-order valence-electron chi connectivity index (χ3n) is 4.81. The summed E-state index contributed by atoms with van der Waals surface area (Å²) in [6.07, 6.45) is -0.655. The fourth-order valence-electron chi connectivity index (χ4n) is 3.14. The molecule has 2 N–H and O–H groups in total. The lowest BCUT2D eigenvalue weighted by Crippen LogP contribution is -2.29. The summed E-state index contributed by atoms with van der Waals surface area (Å²) in [6, 6.07) is 5.72. The second-order valence-corrected chi connectivity index (χ2v) is 6.76. The molecular weight excluding hydrogens is 411 g/mol. The van der Waals surface area contributed by atoms with Crippen molar-refractivity contribution in [2.45, 2.75) is 19.6 Å². The average Bonchev–Trinajstić information content (AvgIpc) is 2.75. The molecule has 0 saturated carbocycles. The van der Waals surface area contributed by atoms with Crippen molar-refractivity contribution in [1.82, 2.24) is 19.9 Å². The Bertz CT molecular complexity index is 1170. The SMILES string of the molecule is CNC(=O)c1cn(Cc2ccc(NC)cn2)c(C)c(-c2ccnc(C(F)(F)F)c2)c1=O. The zero-order valence-corrected chi connectivity index (χ0v) is 17.0. The van der Waals surface area contributed by atoms with E-state index in [1.807, 2.05) is 6.07 Å². The van der Waals surface area contributed by atoms with E-state index in [9.17, 15) is 22.8 Å². The molecule has 3 heterocycles. The molecule has 7 nitrogen and oxygen atoms in total. The van der Waals surface area contributed by atoms with Crippen LogP contribution in [0.1, 0.15) is 27.4 Å². The summed E-state index contributed by atoms with van der Waals surface area (Å²) in [6.45, 7) is 1.82. The molecule has 3 rings (SSSR count). The smallest absolute Gasteiger partial charge is 0.387 e. The van der Waals surface area contributed by atoms with Crippen molar-refractivity contribution in [3.8, 4) is 11.1 Å². The Kier molecular flexibility index (Phi) is 6.09. The Labute approximate surface area is 176 Å². The van der Waals surface area contributed by atoms with E-state index in [0.717, 1.165) is 18.0 Å². The topological polar surface area (TPSA) is 88.9 Å². The minimum absolute atomic E-state index is 0.000782. The first-order valence-corrected chi connectivity index (χ1v) is 9.28. The van der Waals surface area contributed by atoms with Crippen molar-refractivity contribution in [2.75, 3.05) is 19.4 Å². The van der Waals surface area contributed by atoms with Gasteiger partial charge in [0.25, 0.3) is 5.91 Å². The molecule has 10 heteroatoms. The van der Waals surface area contributed by atoms with E-state index in [-0.39, 0.29) is 23.2 Å². The fourth-order valence-corrected chi connectivity index (χ4v) is 3.14. The molecule has 0 aliphatic rings. The van der Waals surface area contributed by atoms with E-state index >= 15 is 0 Å². The Balaban J connectivity index is 2.19. The number of aromatic nitrogens is 3. The first-order chi connectivity index (χ1) is 14.7. The Morgan fingerprint density at radius 2 is 1.90 bits per heavy atom. The van der Waals surface area contributed by atoms with E-state index in [1.165, 1.54) is 19.3 Å². The van der Waals surface area contributed by atoms with Gasteiger partial charge in [-0.3, -0.25) is 19.6 Å². The zero-order chi connectivity index (χ0) is 22.8. The highest BCUT2D eigenvalue weighted by Crippen LogP contribution is 2.30. The molecule has 0 saturated heterocycles. The van der Waals surface area contributed by atoms with Gasteiger partial charge in [0.05, 0.1) is 24.1 Å². The van der Waals surface area contributed by atoms with Crippen molar-refractivity contribution >= 4 is 11.6 Å². The normalized spacial score (nSPS) is 11.3. The zero-order valence-electron chi connectivity index (χ0n) is 17.0. The standard InChI is InChI=1S/C21H20F3N5O2/c1-12-18(13-6-7-27-17(8-13)21(22,23)24)19(30)16(20(31)26-3)11-29(12)10-15-5-4-14(25-2)9-28-15/h4-9,11,25H,10H2,1-3H3,(H,26,31). The lowest BCUT2D eigenvalue weighted by Gasteiger charge is -2.17. The molecule has 1 amide bonds. The van der Waals surface area contributed by atoms with Crippen LogP contribution < -0.4 is 16.1 Å². The summed E-state index contributed by atoms with van der Waals surface area (Å²) in [5, 5.41) is 5.35. The second-order valence-electron chi connectivity index (χ2n) is 6.76. The van der Waals surface area contributed by atoms with Crippen LogP contribution in [0.3, 0.4) is 0 Å². The quantitative estimate of drug-likeness (QED) is 0.648. The van der Waals surface area contributed by atoms with Gasteiger partial charge in [0.1, 0.15) is 11.3 Å². The lowest BCUT2D eigenvalue weighted by molar-refractivity contribution is -0.141.